The predicted octanol–water partition coefficient (Wildman–Crippen LogP) is 0.624. The number of aromatic nitrogens is 3. The first kappa shape index (κ1) is 11.2. The Labute approximate surface area is 102 Å². The molecule has 3 rings (SSSR count). The highest BCUT2D eigenvalue weighted by Gasteiger charge is 2.34. The van der Waals surface area contributed by atoms with Gasteiger partial charge in [-0.05, 0) is 26.2 Å². The summed E-state index contributed by atoms with van der Waals surface area (Å²) in [4.78, 5) is 2.63. The average Bonchev–Trinajstić information content (AvgIpc) is 2.93. The molecular formula is C12H21N5. The molecule has 2 aliphatic rings. The average molecular weight is 235 g/mol. The summed E-state index contributed by atoms with van der Waals surface area (Å²) in [7, 11) is 0. The van der Waals surface area contributed by atoms with E-state index in [1.807, 2.05) is 6.33 Å². The molecule has 1 saturated heterocycles. The van der Waals surface area contributed by atoms with Gasteiger partial charge >= 0.3 is 0 Å². The van der Waals surface area contributed by atoms with Gasteiger partial charge in [0, 0.05) is 31.7 Å². The highest BCUT2D eigenvalue weighted by Crippen LogP contribution is 2.29. The van der Waals surface area contributed by atoms with Crippen molar-refractivity contribution in [3.63, 3.8) is 0 Å². The normalized spacial score (nSPS) is 25.6. The van der Waals surface area contributed by atoms with Crippen LogP contribution in [0.15, 0.2) is 6.33 Å². The van der Waals surface area contributed by atoms with Crippen LogP contribution in [0.1, 0.15) is 32.0 Å². The van der Waals surface area contributed by atoms with Gasteiger partial charge in [0.2, 0.25) is 0 Å². The Balaban J connectivity index is 1.48. The Morgan fingerprint density at radius 2 is 2.29 bits per heavy atom. The van der Waals surface area contributed by atoms with Crippen LogP contribution in [0, 0.1) is 0 Å². The van der Waals surface area contributed by atoms with Crippen molar-refractivity contribution >= 4 is 0 Å². The van der Waals surface area contributed by atoms with Gasteiger partial charge in [0.15, 0.2) is 0 Å². The maximum atomic E-state index is 4.15. The molecule has 5 heteroatoms. The highest BCUT2D eigenvalue weighted by atomic mass is 15.3. The number of likely N-dealkylation sites (tertiary alicyclic amines) is 1. The molecule has 0 bridgehead atoms. The molecular weight excluding hydrogens is 214 g/mol. The Kier molecular flexibility index (Phi) is 3.11. The monoisotopic (exact) mass is 235 g/mol. The summed E-state index contributed by atoms with van der Waals surface area (Å²) >= 11 is 0. The van der Waals surface area contributed by atoms with Gasteiger partial charge in [-0.2, -0.15) is 0 Å². The molecule has 1 aliphatic heterocycles. The first-order valence-electron chi connectivity index (χ1n) is 6.71. The molecule has 5 nitrogen and oxygen atoms in total. The maximum Gasteiger partial charge on any atom is 0.146 e. The predicted molar refractivity (Wildman–Crippen MR) is 65.5 cm³/mol. The molecule has 94 valence electrons. The summed E-state index contributed by atoms with van der Waals surface area (Å²) in [5, 5.41) is 11.7. The van der Waals surface area contributed by atoms with Crippen molar-refractivity contribution in [3.05, 3.63) is 12.2 Å². The number of hydrogen-bond acceptors (Lipinski definition) is 4. The van der Waals surface area contributed by atoms with Gasteiger partial charge < -0.3 is 9.88 Å². The van der Waals surface area contributed by atoms with Crippen LogP contribution >= 0.6 is 0 Å². The van der Waals surface area contributed by atoms with Crippen molar-refractivity contribution < 1.29 is 0 Å². The smallest absolute Gasteiger partial charge is 0.146 e. The molecule has 2 heterocycles. The van der Waals surface area contributed by atoms with Crippen LogP contribution in [0.5, 0.6) is 0 Å². The molecule has 1 aliphatic carbocycles. The minimum atomic E-state index is 0.637. The van der Waals surface area contributed by atoms with E-state index in [1.165, 1.54) is 32.4 Å². The Bertz CT molecular complexity index is 371. The molecule has 2 fully saturated rings. The second kappa shape index (κ2) is 4.74. The van der Waals surface area contributed by atoms with E-state index in [4.69, 9.17) is 0 Å². The van der Waals surface area contributed by atoms with E-state index in [2.05, 4.69) is 31.9 Å². The van der Waals surface area contributed by atoms with Crippen molar-refractivity contribution in [3.8, 4) is 0 Å². The molecule has 1 aromatic heterocycles. The molecule has 1 aromatic rings. The number of rotatable bonds is 5. The second-order valence-electron chi connectivity index (χ2n) is 5.13. The van der Waals surface area contributed by atoms with Gasteiger partial charge in [-0.1, -0.05) is 0 Å². The summed E-state index contributed by atoms with van der Waals surface area (Å²) in [6.07, 6.45) is 5.91. The van der Waals surface area contributed by atoms with Crippen LogP contribution in [0.25, 0.3) is 0 Å². The van der Waals surface area contributed by atoms with Crippen LogP contribution in [0.4, 0.5) is 0 Å². The van der Waals surface area contributed by atoms with Gasteiger partial charge in [-0.15, -0.1) is 10.2 Å². The minimum absolute atomic E-state index is 0.637. The fourth-order valence-corrected chi connectivity index (χ4v) is 2.64. The zero-order chi connectivity index (χ0) is 11.7. The molecule has 0 spiro atoms. The van der Waals surface area contributed by atoms with Gasteiger partial charge in [-0.25, -0.2) is 0 Å². The standard InChI is InChI=1S/C12H21N5/c1-2-16-9-14-15-12(16)7-13-10-5-6-17(8-10)11-3-4-11/h9-11,13H,2-8H2,1H3. The molecule has 1 N–H and O–H groups in total. The summed E-state index contributed by atoms with van der Waals surface area (Å²) in [6, 6.07) is 1.54. The number of aryl methyl sites for hydroxylation is 1. The maximum absolute atomic E-state index is 4.15. The van der Waals surface area contributed by atoms with Gasteiger partial charge in [0.25, 0.3) is 0 Å². The molecule has 0 amide bonds. The lowest BCUT2D eigenvalue weighted by Gasteiger charge is -2.15. The van der Waals surface area contributed by atoms with Crippen molar-refractivity contribution in [2.24, 2.45) is 0 Å². The van der Waals surface area contributed by atoms with Crippen LogP contribution in [0.2, 0.25) is 0 Å². The number of nitrogens with one attached hydrogen (secondary N) is 1. The van der Waals surface area contributed by atoms with E-state index < -0.39 is 0 Å². The molecule has 1 saturated carbocycles. The van der Waals surface area contributed by atoms with Crippen LogP contribution in [-0.4, -0.2) is 44.8 Å². The third kappa shape index (κ3) is 2.50. The van der Waals surface area contributed by atoms with E-state index >= 15 is 0 Å². The molecule has 1 atom stereocenters. The summed E-state index contributed by atoms with van der Waals surface area (Å²) in [5.74, 6) is 1.05. The third-order valence-electron chi connectivity index (χ3n) is 3.87. The van der Waals surface area contributed by atoms with Gasteiger partial charge in [0.1, 0.15) is 12.2 Å². The first-order valence-corrected chi connectivity index (χ1v) is 6.71. The fraction of sp³-hybridized carbons (Fsp3) is 0.833. The third-order valence-corrected chi connectivity index (χ3v) is 3.87. The topological polar surface area (TPSA) is 46.0 Å². The molecule has 0 aromatic carbocycles. The van der Waals surface area contributed by atoms with E-state index in [0.717, 1.165) is 25.0 Å². The zero-order valence-corrected chi connectivity index (χ0v) is 10.5. The molecule has 0 radical (unpaired) electrons. The van der Waals surface area contributed by atoms with Crippen LogP contribution in [0.3, 0.4) is 0 Å². The number of nitrogens with zero attached hydrogens (tertiary/aromatic N) is 4. The van der Waals surface area contributed by atoms with Crippen LogP contribution < -0.4 is 5.32 Å². The lowest BCUT2D eigenvalue weighted by molar-refractivity contribution is 0.317. The number of hydrogen-bond donors (Lipinski definition) is 1. The van der Waals surface area contributed by atoms with Crippen molar-refractivity contribution in [2.45, 2.75) is 51.4 Å². The highest BCUT2D eigenvalue weighted by molar-refractivity contribution is 4.93. The SMILES string of the molecule is CCn1cnnc1CNC1CCN(C2CC2)C1. The van der Waals surface area contributed by atoms with E-state index in [9.17, 15) is 0 Å². The van der Waals surface area contributed by atoms with Crippen molar-refractivity contribution in [2.75, 3.05) is 13.1 Å². The largest absolute Gasteiger partial charge is 0.317 e. The van der Waals surface area contributed by atoms with E-state index in [1.54, 1.807) is 0 Å². The first-order chi connectivity index (χ1) is 8.36. The lowest BCUT2D eigenvalue weighted by atomic mass is 10.2. The summed E-state index contributed by atoms with van der Waals surface area (Å²) in [5.41, 5.74) is 0. The quantitative estimate of drug-likeness (QED) is 0.813. The molecule has 17 heavy (non-hydrogen) atoms. The Morgan fingerprint density at radius 1 is 1.41 bits per heavy atom. The minimum Gasteiger partial charge on any atom is -0.317 e. The zero-order valence-electron chi connectivity index (χ0n) is 10.5. The second-order valence-corrected chi connectivity index (χ2v) is 5.13. The van der Waals surface area contributed by atoms with Crippen LogP contribution in [-0.2, 0) is 13.1 Å². The van der Waals surface area contributed by atoms with Gasteiger partial charge in [-0.3, -0.25) is 4.90 Å². The molecule has 1 unspecified atom stereocenters. The van der Waals surface area contributed by atoms with E-state index in [-0.39, 0.29) is 0 Å². The van der Waals surface area contributed by atoms with E-state index in [0.29, 0.717) is 6.04 Å². The Morgan fingerprint density at radius 3 is 3.06 bits per heavy atom. The van der Waals surface area contributed by atoms with Gasteiger partial charge in [0.05, 0.1) is 6.54 Å². The summed E-state index contributed by atoms with van der Waals surface area (Å²) in [6.45, 7) is 6.39. The van der Waals surface area contributed by atoms with Crippen molar-refractivity contribution in [1.29, 1.82) is 0 Å². The van der Waals surface area contributed by atoms with Crippen molar-refractivity contribution in [1.82, 2.24) is 25.0 Å². The fourth-order valence-electron chi connectivity index (χ4n) is 2.64. The Hall–Kier alpha value is -0.940. The summed E-state index contributed by atoms with van der Waals surface area (Å²) < 4.78 is 2.10. The lowest BCUT2D eigenvalue weighted by Crippen LogP contribution is -2.33.